The molecule has 0 spiro atoms. The minimum absolute atomic E-state index is 0.0261. The van der Waals surface area contributed by atoms with Gasteiger partial charge in [0.2, 0.25) is 0 Å². The Labute approximate surface area is 75.0 Å². The molecule has 0 heterocycles. The molecule has 1 rings (SSSR count). The van der Waals surface area contributed by atoms with Crippen LogP contribution in [0.3, 0.4) is 0 Å². The van der Waals surface area contributed by atoms with Crippen LogP contribution >= 0.6 is 0 Å². The number of benzene rings is 1. The summed E-state index contributed by atoms with van der Waals surface area (Å²) in [6, 6.07) is 4.29. The highest BCUT2D eigenvalue weighted by Crippen LogP contribution is 2.23. The summed E-state index contributed by atoms with van der Waals surface area (Å²) in [5.41, 5.74) is 0.0202. The van der Waals surface area contributed by atoms with Crippen molar-refractivity contribution in [1.82, 2.24) is 0 Å². The van der Waals surface area contributed by atoms with Gasteiger partial charge in [-0.15, -0.1) is 0 Å². The average molecular weight is 181 g/mol. The predicted octanol–water partition coefficient (Wildman–Crippen LogP) is 1.20. The summed E-state index contributed by atoms with van der Waals surface area (Å²) in [6.07, 6.45) is 0. The van der Waals surface area contributed by atoms with Crippen LogP contribution in [0.4, 0.5) is 4.39 Å². The maximum Gasteiger partial charge on any atom is 0.137 e. The van der Waals surface area contributed by atoms with E-state index in [4.69, 9.17) is 15.1 Å². The van der Waals surface area contributed by atoms with E-state index in [2.05, 4.69) is 0 Å². The molecule has 3 nitrogen and oxygen atoms in total. The molecule has 0 atom stereocenters. The number of nitrogens with zero attached hydrogens (tertiary/aromatic N) is 1. The van der Waals surface area contributed by atoms with Crippen molar-refractivity contribution in [3.8, 4) is 11.8 Å². The van der Waals surface area contributed by atoms with E-state index in [1.54, 1.807) is 6.07 Å². The summed E-state index contributed by atoms with van der Waals surface area (Å²) in [5.74, 6) is -0.326. The maximum absolute atomic E-state index is 13.0. The summed E-state index contributed by atoms with van der Waals surface area (Å²) in [5, 5.41) is 17.5. The second-order valence-electron chi connectivity index (χ2n) is 2.37. The van der Waals surface area contributed by atoms with Crippen LogP contribution in [-0.2, 0) is 6.61 Å². The molecule has 0 radical (unpaired) electrons. The van der Waals surface area contributed by atoms with Gasteiger partial charge in [0.25, 0.3) is 0 Å². The summed E-state index contributed by atoms with van der Waals surface area (Å²) < 4.78 is 17.8. The molecular weight excluding hydrogens is 173 g/mol. The molecule has 0 unspecified atom stereocenters. The Bertz CT molecular complexity index is 357. The topological polar surface area (TPSA) is 53.2 Å². The van der Waals surface area contributed by atoms with E-state index >= 15 is 0 Å². The van der Waals surface area contributed by atoms with Gasteiger partial charge in [-0.2, -0.15) is 5.26 Å². The highest BCUT2D eigenvalue weighted by atomic mass is 19.1. The molecule has 0 fully saturated rings. The Hall–Kier alpha value is -1.60. The lowest BCUT2D eigenvalue weighted by atomic mass is 10.1. The third-order valence-corrected chi connectivity index (χ3v) is 1.71. The van der Waals surface area contributed by atoms with E-state index < -0.39 is 12.4 Å². The lowest BCUT2D eigenvalue weighted by Crippen LogP contribution is -1.98. The van der Waals surface area contributed by atoms with E-state index in [9.17, 15) is 4.39 Å². The zero-order chi connectivity index (χ0) is 9.84. The number of hydrogen-bond acceptors (Lipinski definition) is 3. The van der Waals surface area contributed by atoms with Crippen LogP contribution in [0.1, 0.15) is 11.1 Å². The van der Waals surface area contributed by atoms with Crippen molar-refractivity contribution in [3.05, 3.63) is 29.1 Å². The van der Waals surface area contributed by atoms with Crippen LogP contribution in [0.5, 0.6) is 5.75 Å². The first kappa shape index (κ1) is 9.49. The SMILES string of the molecule is COc1ccc(F)c(CO)c1C#N. The van der Waals surface area contributed by atoms with Gasteiger partial charge in [0, 0.05) is 5.56 Å². The van der Waals surface area contributed by atoms with E-state index in [-0.39, 0.29) is 16.9 Å². The van der Waals surface area contributed by atoms with E-state index in [1.165, 1.54) is 13.2 Å². The summed E-state index contributed by atoms with van der Waals surface area (Å²) in [4.78, 5) is 0. The summed E-state index contributed by atoms with van der Waals surface area (Å²) in [6.45, 7) is -0.508. The number of ether oxygens (including phenoxy) is 1. The second-order valence-corrected chi connectivity index (χ2v) is 2.37. The number of aliphatic hydroxyl groups is 1. The molecule has 1 N–H and O–H groups in total. The van der Waals surface area contributed by atoms with Crippen LogP contribution in [0.2, 0.25) is 0 Å². The molecular formula is C9H8FNO2. The van der Waals surface area contributed by atoms with Crippen molar-refractivity contribution in [2.24, 2.45) is 0 Å². The predicted molar refractivity (Wildman–Crippen MR) is 43.6 cm³/mol. The Balaban J connectivity index is 3.39. The Morgan fingerprint density at radius 1 is 1.62 bits per heavy atom. The van der Waals surface area contributed by atoms with Gasteiger partial charge in [-0.05, 0) is 12.1 Å². The third kappa shape index (κ3) is 1.60. The highest BCUT2D eigenvalue weighted by Gasteiger charge is 2.12. The molecule has 4 heteroatoms. The lowest BCUT2D eigenvalue weighted by Gasteiger charge is -2.06. The van der Waals surface area contributed by atoms with Gasteiger partial charge >= 0.3 is 0 Å². The number of nitriles is 1. The van der Waals surface area contributed by atoms with Gasteiger partial charge in [-0.3, -0.25) is 0 Å². The number of methoxy groups -OCH3 is 1. The normalized spacial score (nSPS) is 9.38. The number of halogens is 1. The summed E-state index contributed by atoms with van der Waals surface area (Å²) >= 11 is 0. The molecule has 0 bridgehead atoms. The molecule has 13 heavy (non-hydrogen) atoms. The van der Waals surface area contributed by atoms with Gasteiger partial charge < -0.3 is 9.84 Å². The van der Waals surface area contributed by atoms with Gasteiger partial charge in [0.05, 0.1) is 13.7 Å². The molecule has 0 saturated heterocycles. The van der Waals surface area contributed by atoms with E-state index in [0.717, 1.165) is 6.07 Å². The van der Waals surface area contributed by atoms with Gasteiger partial charge in [-0.25, -0.2) is 4.39 Å². The van der Waals surface area contributed by atoms with E-state index in [0.29, 0.717) is 0 Å². The zero-order valence-corrected chi connectivity index (χ0v) is 7.04. The van der Waals surface area contributed by atoms with Crippen LogP contribution in [-0.4, -0.2) is 12.2 Å². The molecule has 0 saturated carbocycles. The molecule has 0 aliphatic heterocycles. The number of hydrogen-bond donors (Lipinski definition) is 1. The average Bonchev–Trinajstić information content (AvgIpc) is 2.17. The highest BCUT2D eigenvalue weighted by molar-refractivity contribution is 5.49. The van der Waals surface area contributed by atoms with Crippen LogP contribution < -0.4 is 4.74 Å². The molecule has 68 valence electrons. The van der Waals surface area contributed by atoms with Crippen molar-refractivity contribution in [2.45, 2.75) is 6.61 Å². The standard InChI is InChI=1S/C9H8FNO2/c1-13-9-3-2-8(10)7(5-12)6(9)4-11/h2-3,12H,5H2,1H3. The van der Waals surface area contributed by atoms with Crippen molar-refractivity contribution in [2.75, 3.05) is 7.11 Å². The molecule has 1 aromatic carbocycles. The zero-order valence-electron chi connectivity index (χ0n) is 7.04. The second kappa shape index (κ2) is 3.87. The maximum atomic E-state index is 13.0. The Morgan fingerprint density at radius 3 is 2.77 bits per heavy atom. The fourth-order valence-electron chi connectivity index (χ4n) is 1.05. The van der Waals surface area contributed by atoms with Crippen LogP contribution in [0.15, 0.2) is 12.1 Å². The number of aliphatic hydroxyl groups excluding tert-OH is 1. The van der Waals surface area contributed by atoms with Crippen molar-refractivity contribution in [1.29, 1.82) is 5.26 Å². The van der Waals surface area contributed by atoms with Gasteiger partial charge in [0.15, 0.2) is 0 Å². The smallest absolute Gasteiger partial charge is 0.137 e. The Morgan fingerprint density at radius 2 is 2.31 bits per heavy atom. The minimum Gasteiger partial charge on any atom is -0.495 e. The van der Waals surface area contributed by atoms with Gasteiger partial charge in [-0.1, -0.05) is 0 Å². The fourth-order valence-corrected chi connectivity index (χ4v) is 1.05. The van der Waals surface area contributed by atoms with E-state index in [1.807, 2.05) is 0 Å². The molecule has 1 aromatic rings. The number of rotatable bonds is 2. The van der Waals surface area contributed by atoms with Crippen molar-refractivity contribution >= 4 is 0 Å². The summed E-state index contributed by atoms with van der Waals surface area (Å²) in [7, 11) is 1.38. The first-order valence-corrected chi connectivity index (χ1v) is 3.61. The molecule has 0 aliphatic rings. The Kier molecular flexibility index (Phi) is 2.83. The monoisotopic (exact) mass is 181 g/mol. The van der Waals surface area contributed by atoms with Crippen LogP contribution in [0, 0.1) is 17.1 Å². The largest absolute Gasteiger partial charge is 0.495 e. The van der Waals surface area contributed by atoms with Gasteiger partial charge in [0.1, 0.15) is 23.2 Å². The first-order chi connectivity index (χ1) is 6.24. The minimum atomic E-state index is -0.597. The lowest BCUT2D eigenvalue weighted by molar-refractivity contribution is 0.274. The molecule has 0 amide bonds. The van der Waals surface area contributed by atoms with Crippen molar-refractivity contribution in [3.63, 3.8) is 0 Å². The fraction of sp³-hybridized carbons (Fsp3) is 0.222. The third-order valence-electron chi connectivity index (χ3n) is 1.71. The molecule has 0 aromatic heterocycles. The first-order valence-electron chi connectivity index (χ1n) is 3.61. The molecule has 0 aliphatic carbocycles. The van der Waals surface area contributed by atoms with Crippen LogP contribution in [0.25, 0.3) is 0 Å². The van der Waals surface area contributed by atoms with Crippen molar-refractivity contribution < 1.29 is 14.2 Å². The quantitative estimate of drug-likeness (QED) is 0.745.